The van der Waals surface area contributed by atoms with Crippen LogP contribution in [0.3, 0.4) is 0 Å². The maximum Gasteiger partial charge on any atom is 0.407 e. The van der Waals surface area contributed by atoms with Gasteiger partial charge in [-0.2, -0.15) is 0 Å². The van der Waals surface area contributed by atoms with E-state index in [2.05, 4.69) is 15.7 Å². The van der Waals surface area contributed by atoms with Gasteiger partial charge in [-0.15, -0.1) is 0 Å². The van der Waals surface area contributed by atoms with Crippen LogP contribution in [-0.2, 0) is 4.74 Å². The summed E-state index contributed by atoms with van der Waals surface area (Å²) in [7, 11) is 2.00. The minimum Gasteiger partial charge on any atom is -0.444 e. The van der Waals surface area contributed by atoms with Gasteiger partial charge >= 0.3 is 6.09 Å². The Morgan fingerprint density at radius 3 is 2.44 bits per heavy atom. The molecule has 0 aliphatic rings. The van der Waals surface area contributed by atoms with Gasteiger partial charge in [-0.3, -0.25) is 0 Å². The Bertz CT molecular complexity index is 229. The number of hydrogen-bond donors (Lipinski definition) is 3. The summed E-state index contributed by atoms with van der Waals surface area (Å²) in [6, 6.07) is 0. The molecule has 0 spiro atoms. The van der Waals surface area contributed by atoms with Crippen molar-refractivity contribution in [3.63, 3.8) is 0 Å². The number of amides is 1. The number of nitrogens with zero attached hydrogens (tertiary/aromatic N) is 1. The van der Waals surface area contributed by atoms with Gasteiger partial charge in [0.2, 0.25) is 0 Å². The van der Waals surface area contributed by atoms with E-state index in [0.717, 1.165) is 25.9 Å². The van der Waals surface area contributed by atoms with Gasteiger partial charge in [0, 0.05) is 19.6 Å². The number of hydrogen-bond acceptors (Lipinski definition) is 5. The molecule has 18 heavy (non-hydrogen) atoms. The van der Waals surface area contributed by atoms with E-state index in [1.54, 1.807) is 0 Å². The molecule has 0 rings (SSSR count). The first-order valence-electron chi connectivity index (χ1n) is 6.37. The number of carbonyl (C=O) groups excluding carboxylic acids is 1. The van der Waals surface area contributed by atoms with Gasteiger partial charge < -0.3 is 20.2 Å². The van der Waals surface area contributed by atoms with E-state index >= 15 is 0 Å². The number of rotatable bonds is 8. The number of likely N-dealkylation sites (N-methyl/N-ethyl adjacent to an activating group) is 1. The van der Waals surface area contributed by atoms with Crippen LogP contribution in [0.5, 0.6) is 0 Å². The second kappa shape index (κ2) is 9.13. The van der Waals surface area contributed by atoms with Crippen molar-refractivity contribution in [2.45, 2.75) is 39.2 Å². The highest BCUT2D eigenvalue weighted by Gasteiger charge is 2.15. The minimum absolute atomic E-state index is 0.375. The topological polar surface area (TPSA) is 73.8 Å². The fourth-order valence-corrected chi connectivity index (χ4v) is 1.36. The lowest BCUT2D eigenvalue weighted by Gasteiger charge is -2.21. The lowest BCUT2D eigenvalue weighted by atomic mass is 10.2. The molecule has 0 aromatic carbocycles. The molecular formula is C12H27N3O3. The summed E-state index contributed by atoms with van der Waals surface area (Å²) in [5, 5.41) is 11.1. The Balaban J connectivity index is 3.50. The normalized spacial score (nSPS) is 11.7. The van der Waals surface area contributed by atoms with Gasteiger partial charge in [0.25, 0.3) is 0 Å². The van der Waals surface area contributed by atoms with Crippen LogP contribution in [0, 0.1) is 0 Å². The third-order valence-corrected chi connectivity index (χ3v) is 2.24. The van der Waals surface area contributed by atoms with Crippen LogP contribution in [0.15, 0.2) is 0 Å². The predicted octanol–water partition coefficient (Wildman–Crippen LogP) is 1.20. The van der Waals surface area contributed by atoms with Gasteiger partial charge in [0.15, 0.2) is 0 Å². The lowest BCUT2D eigenvalue weighted by molar-refractivity contribution is 0.0523. The van der Waals surface area contributed by atoms with E-state index in [-0.39, 0.29) is 6.09 Å². The van der Waals surface area contributed by atoms with Crippen LogP contribution < -0.4 is 10.8 Å². The van der Waals surface area contributed by atoms with Gasteiger partial charge in [0.1, 0.15) is 5.60 Å². The summed E-state index contributed by atoms with van der Waals surface area (Å²) in [5.41, 5.74) is 1.68. The van der Waals surface area contributed by atoms with Crippen LogP contribution >= 0.6 is 0 Å². The standard InChI is InChI=1S/C12H27N3O3/c1-12(2,3)18-11(16)13-8-10-15(4)9-6-5-7-14-17/h14,17H,5-10H2,1-4H3,(H,13,16). The van der Waals surface area contributed by atoms with E-state index < -0.39 is 5.60 Å². The SMILES string of the molecule is CN(CCCCNO)CCNC(=O)OC(C)(C)C. The van der Waals surface area contributed by atoms with E-state index in [0.29, 0.717) is 13.1 Å². The Kier molecular flexibility index (Phi) is 8.70. The first-order valence-corrected chi connectivity index (χ1v) is 6.37. The van der Waals surface area contributed by atoms with E-state index in [1.165, 1.54) is 0 Å². The monoisotopic (exact) mass is 261 g/mol. The molecule has 6 heteroatoms. The van der Waals surface area contributed by atoms with Crippen LogP contribution in [0.25, 0.3) is 0 Å². The summed E-state index contributed by atoms with van der Waals surface area (Å²) in [5.74, 6) is 0. The third-order valence-electron chi connectivity index (χ3n) is 2.24. The highest BCUT2D eigenvalue weighted by molar-refractivity contribution is 5.67. The quantitative estimate of drug-likeness (QED) is 0.452. The fraction of sp³-hybridized carbons (Fsp3) is 0.917. The van der Waals surface area contributed by atoms with Gasteiger partial charge in [-0.25, -0.2) is 10.3 Å². The van der Waals surface area contributed by atoms with Crippen LogP contribution in [0.2, 0.25) is 0 Å². The van der Waals surface area contributed by atoms with Gasteiger partial charge in [-0.05, 0) is 47.2 Å². The van der Waals surface area contributed by atoms with Crippen LogP contribution in [0.4, 0.5) is 4.79 Å². The largest absolute Gasteiger partial charge is 0.444 e. The van der Waals surface area contributed by atoms with Crippen molar-refractivity contribution in [1.29, 1.82) is 0 Å². The number of ether oxygens (including phenoxy) is 1. The molecule has 1 amide bonds. The fourth-order valence-electron chi connectivity index (χ4n) is 1.36. The molecular weight excluding hydrogens is 234 g/mol. The Hall–Kier alpha value is -0.850. The Morgan fingerprint density at radius 1 is 1.22 bits per heavy atom. The summed E-state index contributed by atoms with van der Waals surface area (Å²) >= 11 is 0. The van der Waals surface area contributed by atoms with Crippen molar-refractivity contribution in [1.82, 2.24) is 15.7 Å². The van der Waals surface area contributed by atoms with Crippen molar-refractivity contribution < 1.29 is 14.7 Å². The first-order chi connectivity index (χ1) is 8.35. The number of carbonyl (C=O) groups is 1. The molecule has 3 N–H and O–H groups in total. The molecule has 0 aliphatic heterocycles. The maximum atomic E-state index is 11.4. The van der Waals surface area contributed by atoms with E-state index in [9.17, 15) is 4.79 Å². The average Bonchev–Trinajstić information content (AvgIpc) is 2.22. The van der Waals surface area contributed by atoms with Crippen LogP contribution in [0.1, 0.15) is 33.6 Å². The number of unbranched alkanes of at least 4 members (excludes halogenated alkanes) is 1. The van der Waals surface area contributed by atoms with E-state index in [1.807, 2.05) is 27.8 Å². The van der Waals surface area contributed by atoms with E-state index in [4.69, 9.17) is 9.94 Å². The molecule has 0 bridgehead atoms. The first kappa shape index (κ1) is 17.2. The van der Waals surface area contributed by atoms with Gasteiger partial charge in [-0.1, -0.05) is 0 Å². The number of nitrogens with one attached hydrogen (secondary N) is 2. The number of hydroxylamine groups is 1. The molecule has 0 aromatic rings. The second-order valence-corrected chi connectivity index (χ2v) is 5.35. The zero-order chi connectivity index (χ0) is 14.0. The Morgan fingerprint density at radius 2 is 1.89 bits per heavy atom. The lowest BCUT2D eigenvalue weighted by Crippen LogP contribution is -2.37. The summed E-state index contributed by atoms with van der Waals surface area (Å²) in [6.07, 6.45) is 1.57. The maximum absolute atomic E-state index is 11.4. The van der Waals surface area contributed by atoms with Crippen molar-refractivity contribution >= 4 is 6.09 Å². The molecule has 0 aliphatic carbocycles. The van der Waals surface area contributed by atoms with Gasteiger partial charge in [0.05, 0.1) is 0 Å². The van der Waals surface area contributed by atoms with Crippen LogP contribution in [-0.4, -0.2) is 55.0 Å². The summed E-state index contributed by atoms with van der Waals surface area (Å²) in [6.45, 7) is 8.44. The molecule has 6 nitrogen and oxygen atoms in total. The highest BCUT2D eigenvalue weighted by atomic mass is 16.6. The molecule has 0 saturated carbocycles. The van der Waals surface area contributed by atoms with Crippen molar-refractivity contribution in [2.24, 2.45) is 0 Å². The predicted molar refractivity (Wildman–Crippen MR) is 70.8 cm³/mol. The Labute approximate surface area is 110 Å². The molecule has 0 atom stereocenters. The molecule has 108 valence electrons. The molecule has 0 saturated heterocycles. The molecule has 0 radical (unpaired) electrons. The second-order valence-electron chi connectivity index (χ2n) is 5.35. The number of alkyl carbamates (subject to hydrolysis) is 1. The van der Waals surface area contributed by atoms with Crippen molar-refractivity contribution in [2.75, 3.05) is 33.2 Å². The molecule has 0 aromatic heterocycles. The summed E-state index contributed by atoms with van der Waals surface area (Å²) < 4.78 is 5.13. The molecule has 0 fully saturated rings. The third kappa shape index (κ3) is 11.6. The molecule has 0 unspecified atom stereocenters. The smallest absolute Gasteiger partial charge is 0.407 e. The minimum atomic E-state index is -0.451. The molecule has 0 heterocycles. The van der Waals surface area contributed by atoms with Crippen molar-refractivity contribution in [3.8, 4) is 0 Å². The highest BCUT2D eigenvalue weighted by Crippen LogP contribution is 2.06. The summed E-state index contributed by atoms with van der Waals surface area (Å²) in [4.78, 5) is 13.5. The average molecular weight is 261 g/mol. The van der Waals surface area contributed by atoms with Crippen molar-refractivity contribution in [3.05, 3.63) is 0 Å². The zero-order valence-corrected chi connectivity index (χ0v) is 12.0. The zero-order valence-electron chi connectivity index (χ0n) is 12.0.